The van der Waals surface area contributed by atoms with Crippen LogP contribution in [0.5, 0.6) is 11.6 Å². The molecule has 1 aromatic heterocycles. The summed E-state index contributed by atoms with van der Waals surface area (Å²) in [5.74, 6) is 1.27. The number of hydrogen-bond acceptors (Lipinski definition) is 3. The summed E-state index contributed by atoms with van der Waals surface area (Å²) in [6.07, 6.45) is 2.28. The topological polar surface area (TPSA) is 39.2 Å². The van der Waals surface area contributed by atoms with Crippen molar-refractivity contribution in [1.82, 2.24) is 4.98 Å². The normalized spacial score (nSPS) is 10.0. The molecule has 2 aromatic rings. The molecule has 0 aliphatic heterocycles. The molecular formula is C14H13NO2. The first kappa shape index (κ1) is 11.3. The van der Waals surface area contributed by atoms with Gasteiger partial charge >= 0.3 is 0 Å². The number of pyridine rings is 1. The summed E-state index contributed by atoms with van der Waals surface area (Å²) in [7, 11) is 0. The molecule has 2 rings (SSSR count). The second-order valence-electron chi connectivity index (χ2n) is 3.92. The van der Waals surface area contributed by atoms with Crippen molar-refractivity contribution in [3.05, 3.63) is 53.2 Å². The van der Waals surface area contributed by atoms with Crippen LogP contribution in [-0.4, -0.2) is 11.3 Å². The minimum absolute atomic E-state index is 0.527. The van der Waals surface area contributed by atoms with E-state index in [0.717, 1.165) is 17.6 Å². The van der Waals surface area contributed by atoms with Crippen molar-refractivity contribution >= 4 is 6.29 Å². The van der Waals surface area contributed by atoms with E-state index in [-0.39, 0.29) is 0 Å². The van der Waals surface area contributed by atoms with Crippen LogP contribution in [0.4, 0.5) is 0 Å². The Morgan fingerprint density at radius 3 is 2.47 bits per heavy atom. The van der Waals surface area contributed by atoms with Gasteiger partial charge in [-0.15, -0.1) is 0 Å². The van der Waals surface area contributed by atoms with Gasteiger partial charge in [0.1, 0.15) is 5.75 Å². The highest BCUT2D eigenvalue weighted by atomic mass is 16.5. The van der Waals surface area contributed by atoms with Gasteiger partial charge in [0.15, 0.2) is 6.29 Å². The van der Waals surface area contributed by atoms with Crippen LogP contribution in [-0.2, 0) is 0 Å². The van der Waals surface area contributed by atoms with Gasteiger partial charge in [0.05, 0.1) is 0 Å². The largest absolute Gasteiger partial charge is 0.439 e. The summed E-state index contributed by atoms with van der Waals surface area (Å²) in [5.41, 5.74) is 2.58. The first-order chi connectivity index (χ1) is 8.19. The molecular weight excluding hydrogens is 214 g/mol. The molecule has 3 nitrogen and oxygen atoms in total. The van der Waals surface area contributed by atoms with Crippen LogP contribution in [0.15, 0.2) is 36.5 Å². The highest BCUT2D eigenvalue weighted by molar-refractivity contribution is 5.74. The molecule has 0 amide bonds. The number of hydrogen-bond donors (Lipinski definition) is 0. The molecule has 0 N–H and O–H groups in total. The van der Waals surface area contributed by atoms with Crippen LogP contribution in [0.2, 0.25) is 0 Å². The van der Waals surface area contributed by atoms with Crippen LogP contribution in [0.1, 0.15) is 21.5 Å². The molecule has 0 unspecified atom stereocenters. The lowest BCUT2D eigenvalue weighted by Gasteiger charge is -2.07. The highest BCUT2D eigenvalue weighted by Gasteiger charge is 2.04. The van der Waals surface area contributed by atoms with Crippen LogP contribution in [0, 0.1) is 13.8 Å². The van der Waals surface area contributed by atoms with Gasteiger partial charge in [-0.1, -0.05) is 17.7 Å². The molecule has 86 valence electrons. The fraction of sp³-hybridized carbons (Fsp3) is 0.143. The van der Waals surface area contributed by atoms with Crippen molar-refractivity contribution < 1.29 is 9.53 Å². The average molecular weight is 227 g/mol. The number of aromatic nitrogens is 1. The predicted octanol–water partition coefficient (Wildman–Crippen LogP) is 3.30. The van der Waals surface area contributed by atoms with E-state index in [1.54, 1.807) is 6.07 Å². The number of rotatable bonds is 3. The van der Waals surface area contributed by atoms with Gasteiger partial charge in [-0.2, -0.15) is 0 Å². The van der Waals surface area contributed by atoms with Crippen molar-refractivity contribution in [1.29, 1.82) is 0 Å². The van der Waals surface area contributed by atoms with Crippen molar-refractivity contribution in [2.75, 3.05) is 0 Å². The lowest BCUT2D eigenvalue weighted by Crippen LogP contribution is -1.93. The molecule has 17 heavy (non-hydrogen) atoms. The highest BCUT2D eigenvalue weighted by Crippen LogP contribution is 2.23. The van der Waals surface area contributed by atoms with E-state index in [0.29, 0.717) is 11.4 Å². The second kappa shape index (κ2) is 4.78. The predicted molar refractivity (Wildman–Crippen MR) is 65.6 cm³/mol. The molecule has 0 fully saturated rings. The number of carbonyl (C=O) groups excluding carboxylic acids is 1. The SMILES string of the molecule is Cc1ccc(Oc2ncc(C=O)cc2C)cc1. The molecule has 0 atom stereocenters. The standard InChI is InChI=1S/C14H13NO2/c1-10-3-5-13(6-4-10)17-14-11(2)7-12(9-16)8-15-14/h3-9H,1-2H3. The molecule has 1 heterocycles. The fourth-order valence-electron chi connectivity index (χ4n) is 1.47. The zero-order valence-corrected chi connectivity index (χ0v) is 9.81. The number of aldehydes is 1. The summed E-state index contributed by atoms with van der Waals surface area (Å²) < 4.78 is 5.64. The maximum absolute atomic E-state index is 10.6. The Morgan fingerprint density at radius 2 is 1.88 bits per heavy atom. The van der Waals surface area contributed by atoms with Crippen molar-refractivity contribution in [3.8, 4) is 11.6 Å². The van der Waals surface area contributed by atoms with E-state index >= 15 is 0 Å². The molecule has 0 aliphatic rings. The molecule has 0 saturated heterocycles. The molecule has 3 heteroatoms. The Balaban J connectivity index is 2.24. The summed E-state index contributed by atoms with van der Waals surface area (Å²) >= 11 is 0. The van der Waals surface area contributed by atoms with Crippen molar-refractivity contribution in [2.45, 2.75) is 13.8 Å². The third kappa shape index (κ3) is 2.69. The van der Waals surface area contributed by atoms with Crippen LogP contribution in [0.3, 0.4) is 0 Å². The van der Waals surface area contributed by atoms with Gasteiger partial charge in [-0.3, -0.25) is 4.79 Å². The second-order valence-corrected chi connectivity index (χ2v) is 3.92. The molecule has 1 aromatic carbocycles. The minimum Gasteiger partial charge on any atom is -0.439 e. The minimum atomic E-state index is 0.527. The quantitative estimate of drug-likeness (QED) is 0.755. The number of carbonyl (C=O) groups is 1. The molecule has 0 aliphatic carbocycles. The Bertz CT molecular complexity index is 532. The molecule has 0 radical (unpaired) electrons. The Labute approximate surface area is 100 Å². The Morgan fingerprint density at radius 1 is 1.18 bits per heavy atom. The van der Waals surface area contributed by atoms with Gasteiger partial charge in [0.25, 0.3) is 0 Å². The van der Waals surface area contributed by atoms with Gasteiger partial charge in [-0.25, -0.2) is 4.98 Å². The zero-order valence-electron chi connectivity index (χ0n) is 9.81. The summed E-state index contributed by atoms with van der Waals surface area (Å²) in [5, 5.41) is 0. The molecule has 0 spiro atoms. The maximum atomic E-state index is 10.6. The van der Waals surface area contributed by atoms with E-state index in [2.05, 4.69) is 4.98 Å². The van der Waals surface area contributed by atoms with E-state index in [1.807, 2.05) is 38.1 Å². The van der Waals surface area contributed by atoms with E-state index < -0.39 is 0 Å². The average Bonchev–Trinajstić information content (AvgIpc) is 2.34. The number of benzene rings is 1. The Hall–Kier alpha value is -2.16. The first-order valence-electron chi connectivity index (χ1n) is 5.35. The third-order valence-corrected chi connectivity index (χ3v) is 2.42. The smallest absolute Gasteiger partial charge is 0.222 e. The molecule has 0 bridgehead atoms. The van der Waals surface area contributed by atoms with Gasteiger partial charge in [0.2, 0.25) is 5.88 Å². The third-order valence-electron chi connectivity index (χ3n) is 2.42. The van der Waals surface area contributed by atoms with Crippen molar-refractivity contribution in [3.63, 3.8) is 0 Å². The van der Waals surface area contributed by atoms with Gasteiger partial charge in [0, 0.05) is 17.3 Å². The maximum Gasteiger partial charge on any atom is 0.222 e. The Kier molecular flexibility index (Phi) is 3.19. The summed E-state index contributed by atoms with van der Waals surface area (Å²) in [6.45, 7) is 3.88. The fourth-order valence-corrected chi connectivity index (χ4v) is 1.47. The molecule has 0 saturated carbocycles. The van der Waals surface area contributed by atoms with Crippen molar-refractivity contribution in [2.24, 2.45) is 0 Å². The van der Waals surface area contributed by atoms with E-state index in [9.17, 15) is 4.79 Å². The van der Waals surface area contributed by atoms with E-state index in [4.69, 9.17) is 4.74 Å². The van der Waals surface area contributed by atoms with Gasteiger partial charge in [-0.05, 0) is 32.0 Å². The lowest BCUT2D eigenvalue weighted by molar-refractivity contribution is 0.112. The summed E-state index contributed by atoms with van der Waals surface area (Å²) in [4.78, 5) is 14.7. The number of ether oxygens (including phenoxy) is 1. The summed E-state index contributed by atoms with van der Waals surface area (Å²) in [6, 6.07) is 9.49. The van der Waals surface area contributed by atoms with Crippen LogP contribution < -0.4 is 4.74 Å². The van der Waals surface area contributed by atoms with Gasteiger partial charge < -0.3 is 4.74 Å². The van der Waals surface area contributed by atoms with E-state index in [1.165, 1.54) is 11.8 Å². The van der Waals surface area contributed by atoms with Crippen LogP contribution >= 0.6 is 0 Å². The number of nitrogens with zero attached hydrogens (tertiary/aromatic N) is 1. The lowest BCUT2D eigenvalue weighted by atomic mass is 10.2. The monoisotopic (exact) mass is 227 g/mol. The van der Waals surface area contributed by atoms with Crippen LogP contribution in [0.25, 0.3) is 0 Å². The first-order valence-corrected chi connectivity index (χ1v) is 5.35. The number of aryl methyl sites for hydroxylation is 2. The zero-order chi connectivity index (χ0) is 12.3.